The van der Waals surface area contributed by atoms with Crippen LogP contribution in [0.2, 0.25) is 0 Å². The molecule has 0 aromatic heterocycles. The van der Waals surface area contributed by atoms with Crippen LogP contribution in [0.1, 0.15) is 27.2 Å². The second kappa shape index (κ2) is 10.6. The number of amides is 2. The van der Waals surface area contributed by atoms with Crippen molar-refractivity contribution in [1.82, 2.24) is 5.32 Å². The Kier molecular flexibility index (Phi) is 8.75. The van der Waals surface area contributed by atoms with E-state index in [9.17, 15) is 9.59 Å². The number of hydrogen-bond acceptors (Lipinski definition) is 4. The van der Waals surface area contributed by atoms with Crippen molar-refractivity contribution in [2.45, 2.75) is 27.2 Å². The standard InChI is InChI=1S/C17H27N3O3/c1-4-20(5-2)15-10-8-14(9-11-15)19-17(22)16(21)18-12-7-13-23-6-3/h8-11H,4-7,12-13H2,1-3H3,(H,18,21)(H,19,22). The third-order valence-corrected chi connectivity index (χ3v) is 3.42. The van der Waals surface area contributed by atoms with Crippen LogP contribution in [0.4, 0.5) is 11.4 Å². The first kappa shape index (κ1) is 19.0. The molecular weight excluding hydrogens is 294 g/mol. The van der Waals surface area contributed by atoms with E-state index >= 15 is 0 Å². The zero-order chi connectivity index (χ0) is 17.1. The molecular formula is C17H27N3O3. The highest BCUT2D eigenvalue weighted by molar-refractivity contribution is 6.39. The largest absolute Gasteiger partial charge is 0.382 e. The van der Waals surface area contributed by atoms with Gasteiger partial charge in [0.25, 0.3) is 0 Å². The number of ether oxygens (including phenoxy) is 1. The molecule has 0 aliphatic heterocycles. The Morgan fingerprint density at radius 2 is 1.70 bits per heavy atom. The van der Waals surface area contributed by atoms with Crippen LogP contribution < -0.4 is 15.5 Å². The van der Waals surface area contributed by atoms with Crippen LogP contribution in [-0.4, -0.2) is 44.7 Å². The van der Waals surface area contributed by atoms with Crippen LogP contribution >= 0.6 is 0 Å². The van der Waals surface area contributed by atoms with Crippen molar-refractivity contribution < 1.29 is 14.3 Å². The van der Waals surface area contributed by atoms with Crippen molar-refractivity contribution in [3.05, 3.63) is 24.3 Å². The first-order valence-electron chi connectivity index (χ1n) is 8.14. The van der Waals surface area contributed by atoms with E-state index in [0.717, 1.165) is 18.8 Å². The summed E-state index contributed by atoms with van der Waals surface area (Å²) >= 11 is 0. The van der Waals surface area contributed by atoms with E-state index in [1.165, 1.54) is 0 Å². The molecule has 1 aromatic carbocycles. The number of carbonyl (C=O) groups excluding carboxylic acids is 2. The first-order chi connectivity index (χ1) is 11.1. The predicted molar refractivity (Wildman–Crippen MR) is 92.8 cm³/mol. The Labute approximate surface area is 138 Å². The molecule has 1 rings (SSSR count). The SMILES string of the molecule is CCOCCCNC(=O)C(=O)Nc1ccc(N(CC)CC)cc1. The van der Waals surface area contributed by atoms with Gasteiger partial charge in [-0.15, -0.1) is 0 Å². The van der Waals surface area contributed by atoms with Crippen molar-refractivity contribution in [1.29, 1.82) is 0 Å². The molecule has 0 atom stereocenters. The third-order valence-electron chi connectivity index (χ3n) is 3.42. The molecule has 23 heavy (non-hydrogen) atoms. The van der Waals surface area contributed by atoms with Gasteiger partial charge in [-0.25, -0.2) is 0 Å². The molecule has 0 aliphatic rings. The molecule has 2 amide bonds. The van der Waals surface area contributed by atoms with Gasteiger partial charge in [0, 0.05) is 44.2 Å². The van der Waals surface area contributed by atoms with Gasteiger partial charge in [0.1, 0.15) is 0 Å². The number of anilines is 2. The summed E-state index contributed by atoms with van der Waals surface area (Å²) in [7, 11) is 0. The zero-order valence-electron chi connectivity index (χ0n) is 14.2. The molecule has 6 heteroatoms. The van der Waals surface area contributed by atoms with E-state index < -0.39 is 11.8 Å². The Morgan fingerprint density at radius 3 is 2.26 bits per heavy atom. The van der Waals surface area contributed by atoms with Gasteiger partial charge in [-0.2, -0.15) is 0 Å². The topological polar surface area (TPSA) is 70.7 Å². The van der Waals surface area contributed by atoms with Gasteiger partial charge in [-0.05, 0) is 51.5 Å². The van der Waals surface area contributed by atoms with Gasteiger partial charge in [-0.1, -0.05) is 0 Å². The summed E-state index contributed by atoms with van der Waals surface area (Å²) < 4.78 is 5.16. The molecule has 2 N–H and O–H groups in total. The summed E-state index contributed by atoms with van der Waals surface area (Å²) in [6.07, 6.45) is 0.686. The number of benzene rings is 1. The molecule has 0 spiro atoms. The second-order valence-electron chi connectivity index (χ2n) is 4.98. The normalized spacial score (nSPS) is 10.2. The highest BCUT2D eigenvalue weighted by Crippen LogP contribution is 2.17. The maximum Gasteiger partial charge on any atom is 0.313 e. The Morgan fingerprint density at radius 1 is 1.04 bits per heavy atom. The molecule has 0 radical (unpaired) electrons. The van der Waals surface area contributed by atoms with Crippen molar-refractivity contribution in [2.75, 3.05) is 43.1 Å². The minimum absolute atomic E-state index is 0.424. The van der Waals surface area contributed by atoms with E-state index in [4.69, 9.17) is 4.74 Å². The lowest BCUT2D eigenvalue weighted by Gasteiger charge is -2.21. The minimum atomic E-state index is -0.656. The summed E-state index contributed by atoms with van der Waals surface area (Å²) in [5, 5.41) is 5.17. The lowest BCUT2D eigenvalue weighted by molar-refractivity contribution is -0.136. The van der Waals surface area contributed by atoms with Crippen LogP contribution in [0.25, 0.3) is 0 Å². The van der Waals surface area contributed by atoms with Crippen LogP contribution in [0.5, 0.6) is 0 Å². The quantitative estimate of drug-likeness (QED) is 0.539. The fraction of sp³-hybridized carbons (Fsp3) is 0.529. The van der Waals surface area contributed by atoms with E-state index in [2.05, 4.69) is 29.4 Å². The van der Waals surface area contributed by atoms with Gasteiger partial charge in [-0.3, -0.25) is 9.59 Å². The van der Waals surface area contributed by atoms with Gasteiger partial charge in [0.15, 0.2) is 0 Å². The monoisotopic (exact) mass is 321 g/mol. The average Bonchev–Trinajstić information content (AvgIpc) is 2.57. The average molecular weight is 321 g/mol. The maximum absolute atomic E-state index is 11.8. The highest BCUT2D eigenvalue weighted by Gasteiger charge is 2.13. The van der Waals surface area contributed by atoms with Crippen LogP contribution in [-0.2, 0) is 14.3 Å². The smallest absolute Gasteiger partial charge is 0.313 e. The Balaban J connectivity index is 2.42. The molecule has 0 bridgehead atoms. The van der Waals surface area contributed by atoms with Crippen molar-refractivity contribution in [3.63, 3.8) is 0 Å². The lowest BCUT2D eigenvalue weighted by atomic mass is 10.2. The first-order valence-corrected chi connectivity index (χ1v) is 8.14. The van der Waals surface area contributed by atoms with Gasteiger partial charge in [0.05, 0.1) is 0 Å². The molecule has 0 saturated carbocycles. The fourth-order valence-corrected chi connectivity index (χ4v) is 2.13. The Hall–Kier alpha value is -2.08. The number of nitrogens with zero attached hydrogens (tertiary/aromatic N) is 1. The fourth-order valence-electron chi connectivity index (χ4n) is 2.13. The van der Waals surface area contributed by atoms with Crippen LogP contribution in [0, 0.1) is 0 Å². The molecule has 128 valence electrons. The summed E-state index contributed by atoms with van der Waals surface area (Å²) in [4.78, 5) is 25.7. The number of hydrogen-bond donors (Lipinski definition) is 2. The maximum atomic E-state index is 11.8. The molecule has 0 aliphatic carbocycles. The summed E-state index contributed by atoms with van der Waals surface area (Å²) in [5.41, 5.74) is 1.70. The summed E-state index contributed by atoms with van der Waals surface area (Å²) in [6.45, 7) is 9.59. The highest BCUT2D eigenvalue weighted by atomic mass is 16.5. The summed E-state index contributed by atoms with van der Waals surface area (Å²) in [5.74, 6) is -1.29. The van der Waals surface area contributed by atoms with Gasteiger partial charge < -0.3 is 20.3 Å². The molecule has 6 nitrogen and oxygen atoms in total. The second-order valence-corrected chi connectivity index (χ2v) is 4.98. The van der Waals surface area contributed by atoms with E-state index in [1.54, 1.807) is 12.1 Å². The minimum Gasteiger partial charge on any atom is -0.382 e. The van der Waals surface area contributed by atoms with Crippen LogP contribution in [0.3, 0.4) is 0 Å². The third kappa shape index (κ3) is 6.69. The van der Waals surface area contributed by atoms with E-state index in [1.807, 2.05) is 19.1 Å². The van der Waals surface area contributed by atoms with E-state index in [0.29, 0.717) is 31.9 Å². The van der Waals surface area contributed by atoms with Gasteiger partial charge in [0.2, 0.25) is 0 Å². The molecule has 0 unspecified atom stereocenters. The van der Waals surface area contributed by atoms with Crippen molar-refractivity contribution in [2.24, 2.45) is 0 Å². The Bertz CT molecular complexity index is 484. The lowest BCUT2D eigenvalue weighted by Crippen LogP contribution is -2.36. The number of carbonyl (C=O) groups is 2. The van der Waals surface area contributed by atoms with E-state index in [-0.39, 0.29) is 0 Å². The zero-order valence-corrected chi connectivity index (χ0v) is 14.2. The molecule has 0 heterocycles. The van der Waals surface area contributed by atoms with Gasteiger partial charge >= 0.3 is 11.8 Å². The van der Waals surface area contributed by atoms with Crippen LogP contribution in [0.15, 0.2) is 24.3 Å². The predicted octanol–water partition coefficient (Wildman–Crippen LogP) is 2.01. The number of rotatable bonds is 9. The molecule has 0 fully saturated rings. The number of nitrogens with one attached hydrogen (secondary N) is 2. The summed E-state index contributed by atoms with van der Waals surface area (Å²) in [6, 6.07) is 7.47. The van der Waals surface area contributed by atoms with Crippen molar-refractivity contribution in [3.8, 4) is 0 Å². The molecule has 1 aromatic rings. The van der Waals surface area contributed by atoms with Crippen molar-refractivity contribution >= 4 is 23.2 Å². The molecule has 0 saturated heterocycles.